The van der Waals surface area contributed by atoms with Gasteiger partial charge in [0.25, 0.3) is 0 Å². The van der Waals surface area contributed by atoms with Crippen molar-refractivity contribution < 1.29 is 4.74 Å². The zero-order valence-corrected chi connectivity index (χ0v) is 13.3. The summed E-state index contributed by atoms with van der Waals surface area (Å²) in [5.74, 6) is 1.27. The first-order valence-electron chi connectivity index (χ1n) is 7.77. The molecule has 0 saturated carbocycles. The molecule has 0 aromatic carbocycles. The van der Waals surface area contributed by atoms with Crippen molar-refractivity contribution in [3.05, 3.63) is 23.8 Å². The Morgan fingerprint density at radius 3 is 2.53 bits per heavy atom. The van der Waals surface area contributed by atoms with Crippen LogP contribution in [0.5, 0.6) is 0 Å². The van der Waals surface area contributed by atoms with E-state index in [1.54, 1.807) is 0 Å². The van der Waals surface area contributed by atoms with Gasteiger partial charge >= 0.3 is 0 Å². The van der Waals surface area contributed by atoms with Gasteiger partial charge in [0.05, 0.1) is 12.7 Å². The summed E-state index contributed by atoms with van der Waals surface area (Å²) in [6.45, 7) is 15.3. The Hall–Kier alpha value is -0.560. The maximum Gasteiger partial charge on any atom is 0.0686 e. The maximum absolute atomic E-state index is 6.01. The second-order valence-electron chi connectivity index (χ2n) is 7.79. The van der Waals surface area contributed by atoms with Crippen molar-refractivity contribution in [1.82, 2.24) is 0 Å². The number of ether oxygens (including phenoxy) is 1. The van der Waals surface area contributed by atoms with E-state index in [0.29, 0.717) is 23.4 Å². The van der Waals surface area contributed by atoms with Crippen LogP contribution in [0.2, 0.25) is 0 Å². The molecule has 1 saturated heterocycles. The molecule has 3 rings (SSSR count). The Bertz CT molecular complexity index is 462. The maximum atomic E-state index is 6.01. The quantitative estimate of drug-likeness (QED) is 0.579. The van der Waals surface area contributed by atoms with Crippen molar-refractivity contribution in [2.45, 2.75) is 54.1 Å². The SMILES string of the molecule is CC1OCC2=CC3(C)C=CCC3(C)C(C)C2(C)C1C. The van der Waals surface area contributed by atoms with Gasteiger partial charge in [-0.2, -0.15) is 0 Å². The van der Waals surface area contributed by atoms with E-state index in [1.807, 2.05) is 0 Å². The van der Waals surface area contributed by atoms with Crippen LogP contribution in [-0.2, 0) is 4.74 Å². The molecule has 0 bridgehead atoms. The molecule has 2 aliphatic carbocycles. The predicted octanol–water partition coefficient (Wildman–Crippen LogP) is 4.60. The molecule has 0 radical (unpaired) electrons. The summed E-state index contributed by atoms with van der Waals surface area (Å²) < 4.78 is 6.01. The lowest BCUT2D eigenvalue weighted by Crippen LogP contribution is -2.56. The normalized spacial score (nSPS) is 56.5. The topological polar surface area (TPSA) is 9.23 Å². The van der Waals surface area contributed by atoms with Crippen LogP contribution >= 0.6 is 0 Å². The van der Waals surface area contributed by atoms with Gasteiger partial charge in [0, 0.05) is 5.41 Å². The smallest absolute Gasteiger partial charge is 0.0686 e. The molecule has 6 unspecified atom stereocenters. The van der Waals surface area contributed by atoms with Gasteiger partial charge in [0.2, 0.25) is 0 Å². The Balaban J connectivity index is 2.16. The summed E-state index contributed by atoms with van der Waals surface area (Å²) in [7, 11) is 0. The molecule has 0 aromatic heterocycles. The summed E-state index contributed by atoms with van der Waals surface area (Å²) in [5, 5.41) is 0. The van der Waals surface area contributed by atoms with Crippen molar-refractivity contribution >= 4 is 0 Å². The van der Waals surface area contributed by atoms with Crippen molar-refractivity contribution in [1.29, 1.82) is 0 Å². The molecule has 0 spiro atoms. The summed E-state index contributed by atoms with van der Waals surface area (Å²) in [5.41, 5.74) is 2.40. The second kappa shape index (κ2) is 3.75. The van der Waals surface area contributed by atoms with Gasteiger partial charge in [-0.25, -0.2) is 0 Å². The highest BCUT2D eigenvalue weighted by Gasteiger charge is 2.60. The van der Waals surface area contributed by atoms with Crippen LogP contribution in [0, 0.1) is 28.1 Å². The second-order valence-corrected chi connectivity index (χ2v) is 7.79. The van der Waals surface area contributed by atoms with E-state index in [9.17, 15) is 0 Å². The summed E-state index contributed by atoms with van der Waals surface area (Å²) >= 11 is 0. The van der Waals surface area contributed by atoms with Crippen molar-refractivity contribution in [3.8, 4) is 0 Å². The fourth-order valence-corrected chi connectivity index (χ4v) is 5.01. The fraction of sp³-hybridized carbons (Fsp3) is 0.778. The van der Waals surface area contributed by atoms with E-state index >= 15 is 0 Å². The molecule has 3 aliphatic rings. The molecule has 1 fully saturated rings. The largest absolute Gasteiger partial charge is 0.374 e. The molecular formula is C18H28O. The van der Waals surface area contributed by atoms with Crippen LogP contribution in [-0.4, -0.2) is 12.7 Å². The minimum Gasteiger partial charge on any atom is -0.374 e. The number of fused-ring (bicyclic) bond motifs is 2. The van der Waals surface area contributed by atoms with Gasteiger partial charge in [-0.1, -0.05) is 52.8 Å². The molecule has 1 heteroatoms. The van der Waals surface area contributed by atoms with Gasteiger partial charge in [-0.15, -0.1) is 0 Å². The highest BCUT2D eigenvalue weighted by molar-refractivity contribution is 5.36. The van der Waals surface area contributed by atoms with E-state index in [1.165, 1.54) is 12.0 Å². The van der Waals surface area contributed by atoms with E-state index in [0.717, 1.165) is 6.61 Å². The number of hydrogen-bond donors (Lipinski definition) is 0. The lowest BCUT2D eigenvalue weighted by atomic mass is 9.45. The summed E-state index contributed by atoms with van der Waals surface area (Å²) in [6, 6.07) is 0. The Labute approximate surface area is 118 Å². The first-order valence-corrected chi connectivity index (χ1v) is 7.77. The third-order valence-corrected chi connectivity index (χ3v) is 7.41. The van der Waals surface area contributed by atoms with Crippen LogP contribution in [0.25, 0.3) is 0 Å². The van der Waals surface area contributed by atoms with Crippen molar-refractivity contribution in [2.24, 2.45) is 28.1 Å². The average molecular weight is 260 g/mol. The lowest BCUT2D eigenvalue weighted by Gasteiger charge is -2.61. The Morgan fingerprint density at radius 2 is 1.84 bits per heavy atom. The minimum atomic E-state index is 0.213. The van der Waals surface area contributed by atoms with Crippen LogP contribution in [0.4, 0.5) is 0 Å². The number of allylic oxidation sites excluding steroid dienone is 3. The van der Waals surface area contributed by atoms with Crippen molar-refractivity contribution in [3.63, 3.8) is 0 Å². The van der Waals surface area contributed by atoms with Crippen LogP contribution in [0.15, 0.2) is 23.8 Å². The summed E-state index contributed by atoms with van der Waals surface area (Å²) in [6.07, 6.45) is 8.94. The van der Waals surface area contributed by atoms with Gasteiger partial charge in [0.15, 0.2) is 0 Å². The zero-order chi connectivity index (χ0) is 14.1. The number of rotatable bonds is 0. The summed E-state index contributed by atoms with van der Waals surface area (Å²) in [4.78, 5) is 0. The molecule has 1 heterocycles. The van der Waals surface area contributed by atoms with Gasteiger partial charge in [-0.05, 0) is 41.6 Å². The molecule has 106 valence electrons. The van der Waals surface area contributed by atoms with E-state index in [-0.39, 0.29) is 10.8 Å². The molecule has 0 N–H and O–H groups in total. The van der Waals surface area contributed by atoms with E-state index < -0.39 is 0 Å². The third kappa shape index (κ3) is 1.40. The first kappa shape index (κ1) is 13.4. The zero-order valence-electron chi connectivity index (χ0n) is 13.3. The Kier molecular flexibility index (Phi) is 2.65. The predicted molar refractivity (Wildman–Crippen MR) is 79.9 cm³/mol. The standard InChI is InChI=1S/C18H28O/c1-12-13(2)19-11-15-10-16(4)8-7-9-17(16,5)14(3)18(12,15)6/h7-8,10,12-14H,9,11H2,1-6H3. The molecule has 19 heavy (non-hydrogen) atoms. The van der Waals surface area contributed by atoms with Gasteiger partial charge in [-0.3, -0.25) is 0 Å². The van der Waals surface area contributed by atoms with Gasteiger partial charge in [0.1, 0.15) is 0 Å². The first-order chi connectivity index (χ1) is 8.76. The Morgan fingerprint density at radius 1 is 1.16 bits per heavy atom. The minimum absolute atomic E-state index is 0.213. The highest BCUT2D eigenvalue weighted by Crippen LogP contribution is 2.66. The molecule has 1 aliphatic heterocycles. The fourth-order valence-electron chi connectivity index (χ4n) is 5.01. The third-order valence-electron chi connectivity index (χ3n) is 7.41. The van der Waals surface area contributed by atoms with E-state index in [2.05, 4.69) is 59.8 Å². The molecule has 0 amide bonds. The molecule has 0 aromatic rings. The lowest BCUT2D eigenvalue weighted by molar-refractivity contribution is -0.106. The molecule has 6 atom stereocenters. The van der Waals surface area contributed by atoms with Crippen LogP contribution in [0.1, 0.15) is 48.0 Å². The van der Waals surface area contributed by atoms with Crippen molar-refractivity contribution in [2.75, 3.05) is 6.61 Å². The van der Waals surface area contributed by atoms with Crippen LogP contribution in [0.3, 0.4) is 0 Å². The van der Waals surface area contributed by atoms with Crippen LogP contribution < -0.4 is 0 Å². The highest BCUT2D eigenvalue weighted by atomic mass is 16.5. The van der Waals surface area contributed by atoms with E-state index in [4.69, 9.17) is 4.74 Å². The monoisotopic (exact) mass is 260 g/mol. The number of hydrogen-bond acceptors (Lipinski definition) is 1. The average Bonchev–Trinajstić information content (AvgIpc) is 2.66. The molecule has 1 nitrogen and oxygen atoms in total. The molecular weight excluding hydrogens is 232 g/mol. The van der Waals surface area contributed by atoms with Gasteiger partial charge < -0.3 is 4.74 Å².